The van der Waals surface area contributed by atoms with Crippen molar-refractivity contribution in [1.82, 2.24) is 20.2 Å². The van der Waals surface area contributed by atoms with Gasteiger partial charge in [0.15, 0.2) is 0 Å². The van der Waals surface area contributed by atoms with Crippen LogP contribution in [0.2, 0.25) is 0 Å². The summed E-state index contributed by atoms with van der Waals surface area (Å²) < 4.78 is 5.36. The number of aromatic nitrogens is 2. The Morgan fingerprint density at radius 3 is 3.33 bits per heavy atom. The highest BCUT2D eigenvalue weighted by Crippen LogP contribution is 2.13. The van der Waals surface area contributed by atoms with Crippen LogP contribution in [0.3, 0.4) is 0 Å². The molecular formula is C13H18N4O. The van der Waals surface area contributed by atoms with Crippen LogP contribution in [0.25, 0.3) is 0 Å². The van der Waals surface area contributed by atoms with Crippen LogP contribution in [0, 0.1) is 0 Å². The van der Waals surface area contributed by atoms with E-state index in [1.54, 1.807) is 12.6 Å². The lowest BCUT2D eigenvalue weighted by atomic mass is 10.1. The largest absolute Gasteiger partial charge is 0.468 e. The van der Waals surface area contributed by atoms with Crippen LogP contribution in [0.5, 0.6) is 0 Å². The summed E-state index contributed by atoms with van der Waals surface area (Å²) in [6, 6.07) is 4.40. The second-order valence-electron chi connectivity index (χ2n) is 4.89. The lowest BCUT2D eigenvalue weighted by molar-refractivity contribution is 0.253. The number of hydrogen-bond acceptors (Lipinski definition) is 4. The zero-order valence-electron chi connectivity index (χ0n) is 10.5. The minimum absolute atomic E-state index is 0.459. The molecule has 0 bridgehead atoms. The van der Waals surface area contributed by atoms with Gasteiger partial charge in [-0.25, -0.2) is 4.98 Å². The predicted octanol–water partition coefficient (Wildman–Crippen LogP) is 1.15. The molecule has 0 fully saturated rings. The number of likely N-dealkylation sites (N-methyl/N-ethyl adjacent to an activating group) is 1. The SMILES string of the molecule is CN(Cc1ccco1)CC1Cc2nc[nH]c2CN1. The predicted molar refractivity (Wildman–Crippen MR) is 68.0 cm³/mol. The highest BCUT2D eigenvalue weighted by molar-refractivity contribution is 5.16. The Labute approximate surface area is 106 Å². The van der Waals surface area contributed by atoms with Gasteiger partial charge in [-0.15, -0.1) is 0 Å². The molecular weight excluding hydrogens is 228 g/mol. The zero-order valence-corrected chi connectivity index (χ0v) is 10.5. The van der Waals surface area contributed by atoms with Gasteiger partial charge >= 0.3 is 0 Å². The third-order valence-corrected chi connectivity index (χ3v) is 3.35. The first-order valence-electron chi connectivity index (χ1n) is 6.26. The molecule has 3 rings (SSSR count). The van der Waals surface area contributed by atoms with Crippen molar-refractivity contribution in [3.8, 4) is 0 Å². The Bertz CT molecular complexity index is 491. The number of nitrogens with one attached hydrogen (secondary N) is 2. The molecule has 1 unspecified atom stereocenters. The standard InChI is InChI=1S/C13H18N4O/c1-17(8-11-3-2-4-18-11)7-10-5-12-13(6-14-10)16-9-15-12/h2-4,9-10,14H,5-8H2,1H3,(H,15,16). The Kier molecular flexibility index (Phi) is 3.17. The molecule has 2 N–H and O–H groups in total. The average Bonchev–Trinajstić information content (AvgIpc) is 2.98. The van der Waals surface area contributed by atoms with Crippen molar-refractivity contribution in [2.75, 3.05) is 13.6 Å². The molecule has 18 heavy (non-hydrogen) atoms. The zero-order chi connectivity index (χ0) is 12.4. The maximum absolute atomic E-state index is 5.36. The molecule has 0 spiro atoms. The summed E-state index contributed by atoms with van der Waals surface area (Å²) in [6.07, 6.45) is 4.49. The van der Waals surface area contributed by atoms with Gasteiger partial charge in [-0.05, 0) is 19.2 Å². The van der Waals surface area contributed by atoms with E-state index in [4.69, 9.17) is 4.42 Å². The fraction of sp³-hybridized carbons (Fsp3) is 0.462. The molecule has 0 saturated carbocycles. The van der Waals surface area contributed by atoms with E-state index in [-0.39, 0.29) is 0 Å². The van der Waals surface area contributed by atoms with E-state index in [0.29, 0.717) is 6.04 Å². The highest BCUT2D eigenvalue weighted by Gasteiger charge is 2.21. The number of fused-ring (bicyclic) bond motifs is 1. The van der Waals surface area contributed by atoms with Crippen molar-refractivity contribution < 1.29 is 4.42 Å². The van der Waals surface area contributed by atoms with Crippen molar-refractivity contribution in [2.45, 2.75) is 25.6 Å². The molecule has 2 aromatic heterocycles. The number of imidazole rings is 1. The number of hydrogen-bond donors (Lipinski definition) is 2. The van der Waals surface area contributed by atoms with E-state index >= 15 is 0 Å². The molecule has 3 heterocycles. The third-order valence-electron chi connectivity index (χ3n) is 3.35. The molecule has 0 aromatic carbocycles. The van der Waals surface area contributed by atoms with Crippen molar-refractivity contribution in [3.05, 3.63) is 41.9 Å². The second-order valence-corrected chi connectivity index (χ2v) is 4.89. The number of aromatic amines is 1. The van der Waals surface area contributed by atoms with Crippen molar-refractivity contribution in [2.24, 2.45) is 0 Å². The minimum atomic E-state index is 0.459. The Morgan fingerprint density at radius 2 is 2.50 bits per heavy atom. The van der Waals surface area contributed by atoms with E-state index in [1.165, 1.54) is 11.4 Å². The highest BCUT2D eigenvalue weighted by atomic mass is 16.3. The van der Waals surface area contributed by atoms with Gasteiger partial charge in [0.1, 0.15) is 5.76 Å². The summed E-state index contributed by atoms with van der Waals surface area (Å²) in [4.78, 5) is 9.80. The molecule has 1 aliphatic heterocycles. The van der Waals surface area contributed by atoms with E-state index < -0.39 is 0 Å². The fourth-order valence-electron chi connectivity index (χ4n) is 2.47. The van der Waals surface area contributed by atoms with Crippen LogP contribution < -0.4 is 5.32 Å². The summed E-state index contributed by atoms with van der Waals surface area (Å²) in [7, 11) is 2.12. The molecule has 0 aliphatic carbocycles. The first kappa shape index (κ1) is 11.5. The van der Waals surface area contributed by atoms with Crippen molar-refractivity contribution in [3.63, 3.8) is 0 Å². The summed E-state index contributed by atoms with van der Waals surface area (Å²) in [5.41, 5.74) is 2.42. The molecule has 1 atom stereocenters. The third kappa shape index (κ3) is 2.47. The van der Waals surface area contributed by atoms with Crippen LogP contribution in [-0.4, -0.2) is 34.5 Å². The summed E-state index contributed by atoms with van der Waals surface area (Å²) in [5, 5.41) is 3.53. The van der Waals surface area contributed by atoms with Gasteiger partial charge in [-0.3, -0.25) is 4.90 Å². The van der Waals surface area contributed by atoms with Gasteiger partial charge in [0.25, 0.3) is 0 Å². The molecule has 5 nitrogen and oxygen atoms in total. The maximum Gasteiger partial charge on any atom is 0.117 e. The Morgan fingerprint density at radius 1 is 1.56 bits per heavy atom. The fourth-order valence-corrected chi connectivity index (χ4v) is 2.47. The Balaban J connectivity index is 1.54. The molecule has 0 saturated heterocycles. The van der Waals surface area contributed by atoms with Crippen LogP contribution in [0.1, 0.15) is 17.1 Å². The first-order valence-corrected chi connectivity index (χ1v) is 6.26. The van der Waals surface area contributed by atoms with Crippen LogP contribution >= 0.6 is 0 Å². The van der Waals surface area contributed by atoms with Crippen LogP contribution in [0.4, 0.5) is 0 Å². The average molecular weight is 246 g/mol. The summed E-state index contributed by atoms with van der Waals surface area (Å²) >= 11 is 0. The quantitative estimate of drug-likeness (QED) is 0.849. The molecule has 5 heteroatoms. The molecule has 0 amide bonds. The van der Waals surface area contributed by atoms with Gasteiger partial charge in [0.2, 0.25) is 0 Å². The number of H-pyrrole nitrogens is 1. The van der Waals surface area contributed by atoms with Gasteiger partial charge in [0.05, 0.1) is 30.5 Å². The number of rotatable bonds is 4. The van der Waals surface area contributed by atoms with Gasteiger partial charge < -0.3 is 14.7 Å². The summed E-state index contributed by atoms with van der Waals surface area (Å²) in [6.45, 7) is 2.72. The summed E-state index contributed by atoms with van der Waals surface area (Å²) in [5.74, 6) is 1.01. The second kappa shape index (κ2) is 4.96. The topological polar surface area (TPSA) is 57.1 Å². The van der Waals surface area contributed by atoms with Crippen LogP contribution in [-0.2, 0) is 19.5 Å². The number of nitrogens with zero attached hydrogens (tertiary/aromatic N) is 2. The van der Waals surface area contributed by atoms with E-state index in [0.717, 1.165) is 31.8 Å². The molecule has 0 radical (unpaired) electrons. The van der Waals surface area contributed by atoms with Crippen molar-refractivity contribution in [1.29, 1.82) is 0 Å². The monoisotopic (exact) mass is 246 g/mol. The molecule has 2 aromatic rings. The molecule has 96 valence electrons. The van der Waals surface area contributed by atoms with Crippen molar-refractivity contribution >= 4 is 0 Å². The lowest BCUT2D eigenvalue weighted by Gasteiger charge is -2.27. The van der Waals surface area contributed by atoms with E-state index in [9.17, 15) is 0 Å². The van der Waals surface area contributed by atoms with Gasteiger partial charge in [-0.2, -0.15) is 0 Å². The van der Waals surface area contributed by atoms with Gasteiger partial charge in [0, 0.05) is 25.6 Å². The first-order chi connectivity index (χ1) is 8.81. The van der Waals surface area contributed by atoms with Gasteiger partial charge in [-0.1, -0.05) is 0 Å². The smallest absolute Gasteiger partial charge is 0.117 e. The normalized spacial score (nSPS) is 19.1. The maximum atomic E-state index is 5.36. The van der Waals surface area contributed by atoms with E-state index in [1.807, 2.05) is 12.1 Å². The lowest BCUT2D eigenvalue weighted by Crippen LogP contribution is -2.43. The minimum Gasteiger partial charge on any atom is -0.468 e. The Hall–Kier alpha value is -1.59. The van der Waals surface area contributed by atoms with E-state index in [2.05, 4.69) is 27.2 Å². The van der Waals surface area contributed by atoms with Crippen LogP contribution in [0.15, 0.2) is 29.1 Å². The molecule has 1 aliphatic rings. The number of furan rings is 1.